The summed E-state index contributed by atoms with van der Waals surface area (Å²) >= 11 is 0. The Balaban J connectivity index is 0. The summed E-state index contributed by atoms with van der Waals surface area (Å²) in [5.74, 6) is 0. The van der Waals surface area contributed by atoms with Crippen molar-refractivity contribution in [3.8, 4) is 0 Å². The number of methoxy groups -OCH3 is 2. The van der Waals surface area contributed by atoms with Gasteiger partial charge in [-0.3, -0.25) is 0 Å². The van der Waals surface area contributed by atoms with Crippen LogP contribution in [0.2, 0.25) is 0 Å². The lowest BCUT2D eigenvalue weighted by Crippen LogP contribution is -2.07. The molecule has 106 valence electrons. The van der Waals surface area contributed by atoms with E-state index in [4.69, 9.17) is 18.9 Å². The maximum Gasteiger partial charge on any atom is 0.0703 e. The van der Waals surface area contributed by atoms with Crippen LogP contribution >= 0.6 is 0 Å². The Morgan fingerprint density at radius 1 is 0.647 bits per heavy atom. The van der Waals surface area contributed by atoms with Crippen LogP contribution in [0.1, 0.15) is 34.1 Å². The lowest BCUT2D eigenvalue weighted by Gasteiger charge is -2.05. The average molecular weight is 250 g/mol. The van der Waals surface area contributed by atoms with Gasteiger partial charge >= 0.3 is 0 Å². The number of hydrogen-bond acceptors (Lipinski definition) is 4. The van der Waals surface area contributed by atoms with Gasteiger partial charge in [0.05, 0.1) is 25.4 Å². The van der Waals surface area contributed by atoms with Crippen LogP contribution < -0.4 is 0 Å². The zero-order chi connectivity index (χ0) is 13.5. The normalized spacial score (nSPS) is 10.6. The summed E-state index contributed by atoms with van der Waals surface area (Å²) in [6, 6.07) is 0. The Kier molecular flexibility index (Phi) is 17.9. The largest absolute Gasteiger partial charge is 0.385 e. The minimum absolute atomic E-state index is 0.324. The van der Waals surface area contributed by atoms with E-state index in [-0.39, 0.29) is 0 Å². The second kappa shape index (κ2) is 15.8. The van der Waals surface area contributed by atoms with Crippen molar-refractivity contribution in [1.29, 1.82) is 0 Å². The molecule has 0 heterocycles. The molecule has 4 nitrogen and oxygen atoms in total. The van der Waals surface area contributed by atoms with E-state index in [0.29, 0.717) is 25.4 Å². The summed E-state index contributed by atoms with van der Waals surface area (Å²) in [5, 5.41) is 0. The van der Waals surface area contributed by atoms with E-state index in [9.17, 15) is 0 Å². The Hall–Kier alpha value is -0.160. The van der Waals surface area contributed by atoms with Gasteiger partial charge in [-0.1, -0.05) is 0 Å². The number of rotatable bonds is 9. The summed E-state index contributed by atoms with van der Waals surface area (Å²) in [6.07, 6.45) is 1.67. The molecule has 0 saturated heterocycles. The van der Waals surface area contributed by atoms with Crippen molar-refractivity contribution >= 4 is 0 Å². The lowest BCUT2D eigenvalue weighted by molar-refractivity contribution is 0.0351. The highest BCUT2D eigenvalue weighted by atomic mass is 16.5. The molecule has 0 unspecified atom stereocenters. The molecular weight excluding hydrogens is 220 g/mol. The van der Waals surface area contributed by atoms with Crippen LogP contribution in [0.25, 0.3) is 0 Å². The third-order valence-corrected chi connectivity index (χ3v) is 1.68. The van der Waals surface area contributed by atoms with Crippen LogP contribution in [0.5, 0.6) is 0 Å². The molecule has 0 radical (unpaired) electrons. The van der Waals surface area contributed by atoms with Gasteiger partial charge < -0.3 is 18.9 Å². The van der Waals surface area contributed by atoms with E-state index in [1.54, 1.807) is 14.2 Å². The Morgan fingerprint density at radius 2 is 1.12 bits per heavy atom. The first-order chi connectivity index (χ1) is 8.04. The molecule has 0 fully saturated rings. The first-order valence-corrected chi connectivity index (χ1v) is 6.25. The Bertz CT molecular complexity index is 127. The summed E-state index contributed by atoms with van der Waals surface area (Å²) in [7, 11) is 3.37. The fourth-order valence-corrected chi connectivity index (χ4v) is 0.889. The van der Waals surface area contributed by atoms with Gasteiger partial charge in [0.25, 0.3) is 0 Å². The summed E-state index contributed by atoms with van der Waals surface area (Å²) < 4.78 is 20.0. The van der Waals surface area contributed by atoms with Gasteiger partial charge in [-0.2, -0.15) is 0 Å². The molecule has 0 bridgehead atoms. The maximum atomic E-state index is 5.26. The van der Waals surface area contributed by atoms with E-state index in [2.05, 4.69) is 0 Å². The molecular formula is C13H30O4. The van der Waals surface area contributed by atoms with E-state index in [1.165, 1.54) is 0 Å². The van der Waals surface area contributed by atoms with Gasteiger partial charge in [0, 0.05) is 27.4 Å². The second-order valence-electron chi connectivity index (χ2n) is 4.18. The van der Waals surface area contributed by atoms with Gasteiger partial charge in [-0.25, -0.2) is 0 Å². The molecule has 0 aliphatic rings. The monoisotopic (exact) mass is 250 g/mol. The summed E-state index contributed by atoms with van der Waals surface area (Å²) in [5.41, 5.74) is 0. The van der Waals surface area contributed by atoms with Crippen LogP contribution in [0.3, 0.4) is 0 Å². The lowest BCUT2D eigenvalue weighted by atomic mass is 10.4. The van der Waals surface area contributed by atoms with Gasteiger partial charge in [0.2, 0.25) is 0 Å². The molecule has 0 spiro atoms. The van der Waals surface area contributed by atoms with Crippen LogP contribution in [0.4, 0.5) is 0 Å². The quantitative estimate of drug-likeness (QED) is 0.589. The summed E-state index contributed by atoms with van der Waals surface area (Å²) in [4.78, 5) is 0. The first-order valence-electron chi connectivity index (χ1n) is 6.25. The fraction of sp³-hybridized carbons (Fsp3) is 1.00. The Morgan fingerprint density at radius 3 is 1.53 bits per heavy atom. The van der Waals surface area contributed by atoms with Crippen molar-refractivity contribution in [3.05, 3.63) is 0 Å². The first kappa shape index (κ1) is 19.2. The third-order valence-electron chi connectivity index (χ3n) is 1.68. The number of ether oxygens (including phenoxy) is 4. The highest BCUT2D eigenvalue weighted by Gasteiger charge is 1.91. The van der Waals surface area contributed by atoms with Crippen LogP contribution in [0, 0.1) is 0 Å². The molecule has 0 aliphatic heterocycles. The van der Waals surface area contributed by atoms with Crippen LogP contribution in [-0.4, -0.2) is 52.9 Å². The topological polar surface area (TPSA) is 36.9 Å². The van der Waals surface area contributed by atoms with E-state index < -0.39 is 0 Å². The smallest absolute Gasteiger partial charge is 0.0703 e. The summed E-state index contributed by atoms with van der Waals surface area (Å²) in [6.45, 7) is 11.1. The molecule has 17 heavy (non-hydrogen) atoms. The SMILES string of the molecule is COCCCOC(C)C.COCCOC(C)C. The Labute approximate surface area is 107 Å². The highest BCUT2D eigenvalue weighted by molar-refractivity contribution is 4.37. The van der Waals surface area contributed by atoms with Gasteiger partial charge in [0.1, 0.15) is 0 Å². The standard InChI is InChI=1S/C7H16O2.C6H14O2/c1-7(2)9-6-4-5-8-3;1-6(2)8-5-4-7-3/h7H,4-6H2,1-3H3;6H,4-5H2,1-3H3. The average Bonchev–Trinajstić information content (AvgIpc) is 2.25. The zero-order valence-electron chi connectivity index (χ0n) is 12.3. The predicted molar refractivity (Wildman–Crippen MR) is 70.5 cm³/mol. The molecule has 0 N–H and O–H groups in total. The predicted octanol–water partition coefficient (Wildman–Crippen LogP) is 2.51. The molecule has 0 rings (SSSR count). The van der Waals surface area contributed by atoms with Gasteiger partial charge in [0.15, 0.2) is 0 Å². The minimum atomic E-state index is 0.324. The van der Waals surface area contributed by atoms with E-state index in [1.807, 2.05) is 27.7 Å². The molecule has 0 amide bonds. The van der Waals surface area contributed by atoms with Crippen molar-refractivity contribution in [2.75, 3.05) is 40.6 Å². The van der Waals surface area contributed by atoms with Crippen molar-refractivity contribution in [2.45, 2.75) is 46.3 Å². The van der Waals surface area contributed by atoms with Crippen molar-refractivity contribution in [3.63, 3.8) is 0 Å². The minimum Gasteiger partial charge on any atom is -0.385 e. The fourth-order valence-electron chi connectivity index (χ4n) is 0.889. The zero-order valence-corrected chi connectivity index (χ0v) is 12.3. The molecule has 0 aromatic heterocycles. The number of hydrogen-bond donors (Lipinski definition) is 0. The van der Waals surface area contributed by atoms with Crippen molar-refractivity contribution < 1.29 is 18.9 Å². The van der Waals surface area contributed by atoms with E-state index in [0.717, 1.165) is 19.6 Å². The molecule has 0 aromatic rings. The van der Waals surface area contributed by atoms with Gasteiger partial charge in [-0.15, -0.1) is 0 Å². The molecule has 0 aromatic carbocycles. The van der Waals surface area contributed by atoms with Crippen LogP contribution in [0.15, 0.2) is 0 Å². The van der Waals surface area contributed by atoms with Crippen molar-refractivity contribution in [2.24, 2.45) is 0 Å². The van der Waals surface area contributed by atoms with Gasteiger partial charge in [-0.05, 0) is 34.1 Å². The maximum absolute atomic E-state index is 5.26. The molecule has 0 atom stereocenters. The van der Waals surface area contributed by atoms with E-state index >= 15 is 0 Å². The van der Waals surface area contributed by atoms with Crippen LogP contribution in [-0.2, 0) is 18.9 Å². The molecule has 0 aliphatic carbocycles. The second-order valence-corrected chi connectivity index (χ2v) is 4.18. The third kappa shape index (κ3) is 25.8. The highest BCUT2D eigenvalue weighted by Crippen LogP contribution is 1.89. The van der Waals surface area contributed by atoms with Crippen molar-refractivity contribution in [1.82, 2.24) is 0 Å². The molecule has 0 saturated carbocycles. The molecule has 4 heteroatoms.